The van der Waals surface area contributed by atoms with Crippen molar-refractivity contribution in [3.63, 3.8) is 0 Å². The Bertz CT molecular complexity index is 524. The number of hydrogen-bond donors (Lipinski definition) is 1. The van der Waals surface area contributed by atoms with Crippen LogP contribution in [0.5, 0.6) is 0 Å². The van der Waals surface area contributed by atoms with Gasteiger partial charge in [0.15, 0.2) is 5.78 Å². The Kier molecular flexibility index (Phi) is 3.18. The van der Waals surface area contributed by atoms with Crippen LogP contribution in [0.3, 0.4) is 0 Å². The van der Waals surface area contributed by atoms with Gasteiger partial charge < -0.3 is 5.11 Å². The van der Waals surface area contributed by atoms with Crippen LogP contribution >= 0.6 is 0 Å². The second kappa shape index (κ2) is 4.69. The molecule has 0 amide bonds. The van der Waals surface area contributed by atoms with Crippen molar-refractivity contribution < 1.29 is 9.90 Å². The highest BCUT2D eigenvalue weighted by Gasteiger charge is 2.60. The topological polar surface area (TPSA) is 37.3 Å². The van der Waals surface area contributed by atoms with Crippen LogP contribution in [-0.2, 0) is 4.79 Å². The number of carbonyl (C=O) groups is 1. The Morgan fingerprint density at radius 2 is 1.86 bits per heavy atom. The lowest BCUT2D eigenvalue weighted by atomic mass is 9.45. The van der Waals surface area contributed by atoms with Gasteiger partial charge in [-0.1, -0.05) is 20.4 Å². The molecular weight excluding hydrogens is 272 g/mol. The summed E-state index contributed by atoms with van der Waals surface area (Å²) in [5.74, 6) is 3.06. The molecule has 22 heavy (non-hydrogen) atoms. The van der Waals surface area contributed by atoms with Crippen molar-refractivity contribution in [3.8, 4) is 0 Å². The molecule has 0 aromatic carbocycles. The van der Waals surface area contributed by atoms with E-state index in [0.717, 1.165) is 37.2 Å². The number of aliphatic hydroxyl groups excluding tert-OH is 1. The first-order valence-electron chi connectivity index (χ1n) is 9.27. The van der Waals surface area contributed by atoms with E-state index < -0.39 is 0 Å². The largest absolute Gasteiger partial charge is 0.393 e. The van der Waals surface area contributed by atoms with E-state index >= 15 is 0 Å². The molecule has 4 aliphatic rings. The number of carbonyl (C=O) groups excluding carboxylic acids is 1. The van der Waals surface area contributed by atoms with Crippen molar-refractivity contribution in [2.24, 2.45) is 34.5 Å². The summed E-state index contributed by atoms with van der Waals surface area (Å²) in [7, 11) is 0. The zero-order chi connectivity index (χ0) is 15.7. The minimum absolute atomic E-state index is 0.0729. The number of ketones is 1. The van der Waals surface area contributed by atoms with Gasteiger partial charge in [-0.3, -0.25) is 4.79 Å². The number of allylic oxidation sites excluding steroid dienone is 1. The van der Waals surface area contributed by atoms with Crippen molar-refractivity contribution >= 4 is 5.78 Å². The second-order valence-electron chi connectivity index (χ2n) is 9.18. The van der Waals surface area contributed by atoms with E-state index in [4.69, 9.17) is 0 Å². The monoisotopic (exact) mass is 302 g/mol. The van der Waals surface area contributed by atoms with E-state index in [2.05, 4.69) is 20.4 Å². The van der Waals surface area contributed by atoms with Crippen molar-refractivity contribution in [1.29, 1.82) is 0 Å². The van der Waals surface area contributed by atoms with Crippen LogP contribution in [0.4, 0.5) is 0 Å². The second-order valence-corrected chi connectivity index (χ2v) is 9.18. The number of Topliss-reactive ketones (excluding diaryl/α,β-unsaturated/α-hetero) is 1. The van der Waals surface area contributed by atoms with E-state index in [1.165, 1.54) is 25.7 Å². The Morgan fingerprint density at radius 1 is 1.09 bits per heavy atom. The van der Waals surface area contributed by atoms with Crippen LogP contribution in [0.2, 0.25) is 0 Å². The molecule has 0 aromatic rings. The van der Waals surface area contributed by atoms with Crippen LogP contribution in [0, 0.1) is 34.5 Å². The third-order valence-electron chi connectivity index (χ3n) is 8.33. The summed E-state index contributed by atoms with van der Waals surface area (Å²) in [5, 5.41) is 10.1. The molecule has 4 rings (SSSR count). The predicted molar refractivity (Wildman–Crippen MR) is 87.3 cm³/mol. The molecule has 0 saturated heterocycles. The maximum absolute atomic E-state index is 12.6. The van der Waals surface area contributed by atoms with E-state index in [-0.39, 0.29) is 11.5 Å². The summed E-state index contributed by atoms with van der Waals surface area (Å²) in [4.78, 5) is 12.6. The number of aliphatic hydroxyl groups is 1. The third-order valence-corrected chi connectivity index (χ3v) is 8.33. The first-order chi connectivity index (χ1) is 10.4. The fraction of sp³-hybridized carbons (Fsp3) is 0.850. The molecule has 4 aliphatic carbocycles. The normalized spacial score (nSPS) is 54.6. The Hall–Kier alpha value is -0.630. The summed E-state index contributed by atoms with van der Waals surface area (Å²) in [5.41, 5.74) is 1.17. The molecule has 2 heteroatoms. The summed E-state index contributed by atoms with van der Waals surface area (Å²) < 4.78 is 0. The molecule has 0 heterocycles. The van der Waals surface area contributed by atoms with E-state index in [1.54, 1.807) is 0 Å². The van der Waals surface area contributed by atoms with Gasteiger partial charge in [-0.15, -0.1) is 0 Å². The molecule has 4 saturated carbocycles. The zero-order valence-corrected chi connectivity index (χ0v) is 14.1. The van der Waals surface area contributed by atoms with Gasteiger partial charge in [0, 0.05) is 5.41 Å². The van der Waals surface area contributed by atoms with Gasteiger partial charge in [0.25, 0.3) is 0 Å². The molecule has 0 aliphatic heterocycles. The van der Waals surface area contributed by atoms with Crippen molar-refractivity contribution in [2.75, 3.05) is 0 Å². The van der Waals surface area contributed by atoms with Crippen LogP contribution in [-0.4, -0.2) is 17.0 Å². The van der Waals surface area contributed by atoms with Gasteiger partial charge in [0.05, 0.1) is 6.10 Å². The number of rotatable bonds is 0. The van der Waals surface area contributed by atoms with E-state index in [1.807, 2.05) is 0 Å². The molecule has 0 bridgehead atoms. The lowest BCUT2D eigenvalue weighted by Gasteiger charge is -2.59. The first kappa shape index (κ1) is 14.9. The summed E-state index contributed by atoms with van der Waals surface area (Å²) >= 11 is 0. The lowest BCUT2D eigenvalue weighted by Crippen LogP contribution is -2.54. The van der Waals surface area contributed by atoms with Gasteiger partial charge in [-0.2, -0.15) is 0 Å². The summed E-state index contributed by atoms with van der Waals surface area (Å²) in [6, 6.07) is 0. The standard InChI is InChI=1S/C20H30O2/c1-12-10-17-15-5-4-13-11-14(21)6-8-19(13,2)16(15)7-9-20(17,3)18(12)22/h13-17,21H,1,4-11H2,2-3H3/t13-,14-,15+,16-,17-,19-,20-/m0/s1. The highest BCUT2D eigenvalue weighted by Crippen LogP contribution is 2.65. The van der Waals surface area contributed by atoms with Crippen LogP contribution < -0.4 is 0 Å². The molecular formula is C20H30O2. The minimum atomic E-state index is -0.115. The van der Waals surface area contributed by atoms with Crippen molar-refractivity contribution in [2.45, 2.75) is 71.3 Å². The third kappa shape index (κ3) is 1.79. The predicted octanol–water partition coefficient (Wildman–Crippen LogP) is 4.13. The van der Waals surface area contributed by atoms with Crippen LogP contribution in [0.15, 0.2) is 12.2 Å². The quantitative estimate of drug-likeness (QED) is 0.683. The summed E-state index contributed by atoms with van der Waals surface area (Å²) in [6.45, 7) is 8.78. The first-order valence-corrected chi connectivity index (χ1v) is 9.27. The molecule has 0 spiro atoms. The molecule has 0 radical (unpaired) electrons. The number of fused-ring (bicyclic) bond motifs is 5. The molecule has 7 atom stereocenters. The SMILES string of the molecule is C=C1C[C@H]2[C@@H]3CC[C@H]4C[C@@H](O)CC[C@]4(C)[C@H]3CC[C@]2(C)C1=O. The zero-order valence-electron chi connectivity index (χ0n) is 14.1. The maximum atomic E-state index is 12.6. The highest BCUT2D eigenvalue weighted by atomic mass is 16.3. The Balaban J connectivity index is 1.66. The average Bonchev–Trinajstić information content (AvgIpc) is 2.72. The van der Waals surface area contributed by atoms with Gasteiger partial charge in [0.1, 0.15) is 0 Å². The molecule has 0 aromatic heterocycles. The molecule has 1 N–H and O–H groups in total. The van der Waals surface area contributed by atoms with Crippen molar-refractivity contribution in [1.82, 2.24) is 0 Å². The highest BCUT2D eigenvalue weighted by molar-refractivity contribution is 6.02. The molecule has 122 valence electrons. The van der Waals surface area contributed by atoms with E-state index in [0.29, 0.717) is 29.0 Å². The van der Waals surface area contributed by atoms with Crippen LogP contribution in [0.1, 0.15) is 65.2 Å². The van der Waals surface area contributed by atoms with Crippen LogP contribution in [0.25, 0.3) is 0 Å². The van der Waals surface area contributed by atoms with Gasteiger partial charge in [-0.05, 0) is 86.0 Å². The fourth-order valence-electron chi connectivity index (χ4n) is 6.98. The lowest BCUT2D eigenvalue weighted by molar-refractivity contribution is -0.141. The van der Waals surface area contributed by atoms with Gasteiger partial charge >= 0.3 is 0 Å². The molecule has 2 nitrogen and oxygen atoms in total. The minimum Gasteiger partial charge on any atom is -0.393 e. The molecule has 4 fully saturated rings. The van der Waals surface area contributed by atoms with Gasteiger partial charge in [0.2, 0.25) is 0 Å². The Morgan fingerprint density at radius 3 is 2.64 bits per heavy atom. The van der Waals surface area contributed by atoms with Gasteiger partial charge in [-0.25, -0.2) is 0 Å². The fourth-order valence-corrected chi connectivity index (χ4v) is 6.98. The maximum Gasteiger partial charge on any atom is 0.164 e. The van der Waals surface area contributed by atoms with E-state index in [9.17, 15) is 9.90 Å². The Labute approximate surface area is 134 Å². The summed E-state index contributed by atoms with van der Waals surface area (Å²) in [6.07, 6.45) is 8.81. The number of hydrogen-bond acceptors (Lipinski definition) is 2. The average molecular weight is 302 g/mol. The van der Waals surface area contributed by atoms with Crippen molar-refractivity contribution in [3.05, 3.63) is 12.2 Å². The molecule has 0 unspecified atom stereocenters. The smallest absolute Gasteiger partial charge is 0.164 e.